The van der Waals surface area contributed by atoms with Gasteiger partial charge in [-0.15, -0.1) is 0 Å². The van der Waals surface area contributed by atoms with Crippen LogP contribution in [0.1, 0.15) is 16.8 Å². The zero-order chi connectivity index (χ0) is 23.9. The average molecular weight is 497 g/mol. The molecule has 6 nitrogen and oxygen atoms in total. The molecule has 1 aromatic heterocycles. The van der Waals surface area contributed by atoms with Crippen molar-refractivity contribution >= 4 is 23.2 Å². The molecule has 0 saturated carbocycles. The fraction of sp³-hybridized carbons (Fsp3) is 0.231. The van der Waals surface area contributed by atoms with E-state index >= 15 is 0 Å². The van der Waals surface area contributed by atoms with E-state index in [1.807, 2.05) is 60.7 Å². The molecule has 0 radical (unpaired) electrons. The molecule has 34 heavy (non-hydrogen) atoms. The molecule has 0 aliphatic heterocycles. The van der Waals surface area contributed by atoms with Gasteiger partial charge in [0.2, 0.25) is 0 Å². The van der Waals surface area contributed by atoms with Crippen molar-refractivity contribution in [3.05, 3.63) is 93.6 Å². The number of benzene rings is 3. The van der Waals surface area contributed by atoms with Crippen molar-refractivity contribution in [2.75, 3.05) is 20.8 Å². The van der Waals surface area contributed by atoms with Crippen molar-refractivity contribution in [1.29, 1.82) is 0 Å². The van der Waals surface area contributed by atoms with E-state index in [1.54, 1.807) is 25.1 Å². The first-order valence-electron chi connectivity index (χ1n) is 10.9. The summed E-state index contributed by atoms with van der Waals surface area (Å²) in [5, 5.41) is 14.1. The molecular weight excluding hydrogens is 471 g/mol. The highest BCUT2D eigenvalue weighted by atomic mass is 35.5. The van der Waals surface area contributed by atoms with Crippen LogP contribution in [0.3, 0.4) is 0 Å². The summed E-state index contributed by atoms with van der Waals surface area (Å²) in [5.41, 5.74) is 4.92. The van der Waals surface area contributed by atoms with Gasteiger partial charge in [0, 0.05) is 12.1 Å². The van der Waals surface area contributed by atoms with Crippen LogP contribution < -0.4 is 14.8 Å². The second-order valence-electron chi connectivity index (χ2n) is 7.76. The fourth-order valence-corrected chi connectivity index (χ4v) is 3.99. The molecule has 0 atom stereocenters. The predicted molar refractivity (Wildman–Crippen MR) is 136 cm³/mol. The van der Waals surface area contributed by atoms with Gasteiger partial charge in [-0.2, -0.15) is 15.0 Å². The van der Waals surface area contributed by atoms with E-state index in [0.717, 1.165) is 52.5 Å². The number of halogens is 2. The first-order valence-corrected chi connectivity index (χ1v) is 11.7. The predicted octanol–water partition coefficient (Wildman–Crippen LogP) is 5.65. The Morgan fingerprint density at radius 2 is 1.59 bits per heavy atom. The zero-order valence-electron chi connectivity index (χ0n) is 19.1. The summed E-state index contributed by atoms with van der Waals surface area (Å²) < 4.78 is 10.7. The molecule has 0 bridgehead atoms. The Morgan fingerprint density at radius 3 is 2.32 bits per heavy atom. The minimum absolute atomic E-state index is 0.502. The van der Waals surface area contributed by atoms with Gasteiger partial charge in [0.15, 0.2) is 11.5 Å². The Morgan fingerprint density at radius 1 is 0.824 bits per heavy atom. The number of hydrogen-bond donors (Lipinski definition) is 1. The fourth-order valence-electron chi connectivity index (χ4n) is 3.67. The quantitative estimate of drug-likeness (QED) is 0.287. The summed E-state index contributed by atoms with van der Waals surface area (Å²) in [6.07, 6.45) is 0.846. The van der Waals surface area contributed by atoms with Crippen LogP contribution in [-0.2, 0) is 19.5 Å². The largest absolute Gasteiger partial charge is 0.493 e. The van der Waals surface area contributed by atoms with E-state index < -0.39 is 0 Å². The Labute approximate surface area is 209 Å². The maximum Gasteiger partial charge on any atom is 0.160 e. The SMILES string of the molecule is COc1ccc(CCNCc2nn(Cc3ccc(Cl)c(Cl)c3)nc2-c2ccccc2)cc1OC. The van der Waals surface area contributed by atoms with Gasteiger partial charge in [-0.3, -0.25) is 0 Å². The molecule has 4 rings (SSSR count). The lowest BCUT2D eigenvalue weighted by molar-refractivity contribution is 0.354. The first-order chi connectivity index (χ1) is 16.6. The number of hydrogen-bond acceptors (Lipinski definition) is 5. The number of aromatic nitrogens is 3. The summed E-state index contributed by atoms with van der Waals surface area (Å²) in [6.45, 7) is 1.88. The monoisotopic (exact) mass is 496 g/mol. The van der Waals surface area contributed by atoms with Gasteiger partial charge in [-0.1, -0.05) is 65.7 Å². The van der Waals surface area contributed by atoms with E-state index in [9.17, 15) is 0 Å². The van der Waals surface area contributed by atoms with Crippen LogP contribution in [0.2, 0.25) is 10.0 Å². The molecule has 176 valence electrons. The van der Waals surface area contributed by atoms with Gasteiger partial charge in [-0.05, 0) is 48.4 Å². The molecule has 1 N–H and O–H groups in total. The van der Waals surface area contributed by atoms with Crippen molar-refractivity contribution < 1.29 is 9.47 Å². The third-order valence-corrected chi connectivity index (χ3v) is 6.15. The third-order valence-electron chi connectivity index (χ3n) is 5.41. The maximum absolute atomic E-state index is 6.18. The minimum atomic E-state index is 0.502. The van der Waals surface area contributed by atoms with Crippen LogP contribution in [0.15, 0.2) is 66.7 Å². The number of nitrogens with zero attached hydrogens (tertiary/aromatic N) is 3. The number of nitrogens with one attached hydrogen (secondary N) is 1. The van der Waals surface area contributed by atoms with E-state index in [0.29, 0.717) is 23.1 Å². The van der Waals surface area contributed by atoms with Gasteiger partial charge in [0.25, 0.3) is 0 Å². The zero-order valence-corrected chi connectivity index (χ0v) is 20.6. The highest BCUT2D eigenvalue weighted by Crippen LogP contribution is 2.28. The molecule has 0 spiro atoms. The van der Waals surface area contributed by atoms with Crippen molar-refractivity contribution in [1.82, 2.24) is 20.3 Å². The normalized spacial score (nSPS) is 10.9. The lowest BCUT2D eigenvalue weighted by Gasteiger charge is -2.10. The van der Waals surface area contributed by atoms with E-state index in [2.05, 4.69) is 5.32 Å². The van der Waals surface area contributed by atoms with Crippen molar-refractivity contribution in [3.8, 4) is 22.8 Å². The van der Waals surface area contributed by atoms with Crippen LogP contribution in [-0.4, -0.2) is 35.8 Å². The Hall–Kier alpha value is -3.06. The van der Waals surface area contributed by atoms with Crippen LogP contribution in [0.4, 0.5) is 0 Å². The molecule has 0 amide bonds. The topological polar surface area (TPSA) is 61.2 Å². The molecule has 3 aromatic carbocycles. The second-order valence-corrected chi connectivity index (χ2v) is 8.57. The van der Waals surface area contributed by atoms with Gasteiger partial charge in [-0.25, -0.2) is 0 Å². The molecule has 0 saturated heterocycles. The van der Waals surface area contributed by atoms with Gasteiger partial charge < -0.3 is 14.8 Å². The van der Waals surface area contributed by atoms with Crippen molar-refractivity contribution in [3.63, 3.8) is 0 Å². The van der Waals surface area contributed by atoms with Crippen LogP contribution >= 0.6 is 23.2 Å². The van der Waals surface area contributed by atoms with E-state index in [-0.39, 0.29) is 0 Å². The molecule has 4 aromatic rings. The minimum Gasteiger partial charge on any atom is -0.493 e. The number of methoxy groups -OCH3 is 2. The smallest absolute Gasteiger partial charge is 0.160 e. The lowest BCUT2D eigenvalue weighted by atomic mass is 10.1. The maximum atomic E-state index is 6.18. The summed E-state index contributed by atoms with van der Waals surface area (Å²) >= 11 is 12.2. The first kappa shape index (κ1) is 24.1. The van der Waals surface area contributed by atoms with Crippen LogP contribution in [0.25, 0.3) is 11.3 Å². The molecule has 0 fully saturated rings. The van der Waals surface area contributed by atoms with Gasteiger partial charge in [0.05, 0.1) is 30.8 Å². The van der Waals surface area contributed by atoms with E-state index in [1.165, 1.54) is 0 Å². The second kappa shape index (κ2) is 11.4. The molecule has 1 heterocycles. The van der Waals surface area contributed by atoms with Crippen molar-refractivity contribution in [2.24, 2.45) is 0 Å². The summed E-state index contributed by atoms with van der Waals surface area (Å²) in [5.74, 6) is 1.46. The van der Waals surface area contributed by atoms with Crippen LogP contribution in [0, 0.1) is 0 Å². The van der Waals surface area contributed by atoms with Crippen LogP contribution in [0.5, 0.6) is 11.5 Å². The molecule has 8 heteroatoms. The summed E-state index contributed by atoms with van der Waals surface area (Å²) in [7, 11) is 3.28. The Balaban J connectivity index is 1.46. The van der Waals surface area contributed by atoms with Gasteiger partial charge in [0.1, 0.15) is 11.4 Å². The highest BCUT2D eigenvalue weighted by Gasteiger charge is 2.14. The Bertz CT molecular complexity index is 1250. The third kappa shape index (κ3) is 5.89. The number of ether oxygens (including phenoxy) is 2. The lowest BCUT2D eigenvalue weighted by Crippen LogP contribution is -2.17. The average Bonchev–Trinajstić information content (AvgIpc) is 3.27. The van der Waals surface area contributed by atoms with Gasteiger partial charge >= 0.3 is 0 Å². The molecular formula is C26H26Cl2N4O2. The summed E-state index contributed by atoms with van der Waals surface area (Å²) in [6, 6.07) is 21.6. The summed E-state index contributed by atoms with van der Waals surface area (Å²) in [4.78, 5) is 1.70. The Kier molecular flexibility index (Phi) is 8.06. The molecule has 0 unspecified atom stereocenters. The standard InChI is InChI=1S/C26H26Cl2N4O2/c1-33-24-11-9-18(15-25(24)34-2)12-13-29-16-23-26(20-6-4-3-5-7-20)31-32(30-23)17-19-8-10-21(27)22(28)14-19/h3-11,14-15,29H,12-13,16-17H2,1-2H3. The molecule has 0 aliphatic rings. The van der Waals surface area contributed by atoms with Crippen molar-refractivity contribution in [2.45, 2.75) is 19.5 Å². The highest BCUT2D eigenvalue weighted by molar-refractivity contribution is 6.42. The molecule has 0 aliphatic carbocycles. The van der Waals surface area contributed by atoms with E-state index in [4.69, 9.17) is 42.9 Å². The number of rotatable bonds is 10.